The molecule has 0 aromatic heterocycles. The van der Waals surface area contributed by atoms with Crippen molar-refractivity contribution < 1.29 is 4.79 Å². The highest BCUT2D eigenvalue weighted by Gasteiger charge is 2.22. The number of carbonyl (C=O) groups excluding carboxylic acids is 1. The average molecular weight is 262 g/mol. The number of benzene rings is 1. The molecule has 0 aliphatic heterocycles. The highest BCUT2D eigenvalue weighted by Crippen LogP contribution is 2.28. The van der Waals surface area contributed by atoms with Gasteiger partial charge in [-0.25, -0.2) is 0 Å². The van der Waals surface area contributed by atoms with Crippen LogP contribution in [-0.2, 0) is 11.2 Å². The molecule has 1 aromatic carbocycles. The largest absolute Gasteiger partial charge is 0.398 e. The molecule has 19 heavy (non-hydrogen) atoms. The maximum atomic E-state index is 12.0. The van der Waals surface area contributed by atoms with Gasteiger partial charge in [0.15, 0.2) is 0 Å². The molecule has 3 N–H and O–H groups in total. The Hall–Kier alpha value is -1.51. The molecular formula is C16H26N2O. The summed E-state index contributed by atoms with van der Waals surface area (Å²) in [6, 6.07) is 5.71. The third-order valence-corrected chi connectivity index (χ3v) is 3.78. The highest BCUT2D eigenvalue weighted by atomic mass is 16.1. The Morgan fingerprint density at radius 2 is 2.00 bits per heavy atom. The van der Waals surface area contributed by atoms with E-state index in [0.717, 1.165) is 23.4 Å². The Kier molecular flexibility index (Phi) is 4.98. The van der Waals surface area contributed by atoms with E-state index < -0.39 is 0 Å². The molecule has 3 heteroatoms. The molecule has 0 radical (unpaired) electrons. The summed E-state index contributed by atoms with van der Waals surface area (Å²) in [4.78, 5) is 12.0. The lowest BCUT2D eigenvalue weighted by Crippen LogP contribution is -2.23. The number of carbonyl (C=O) groups is 1. The number of hydrogen-bond acceptors (Lipinski definition) is 2. The van der Waals surface area contributed by atoms with Gasteiger partial charge in [0.05, 0.1) is 0 Å². The number of amides is 1. The van der Waals surface area contributed by atoms with Crippen LogP contribution in [0.2, 0.25) is 0 Å². The van der Waals surface area contributed by atoms with E-state index in [1.165, 1.54) is 0 Å². The van der Waals surface area contributed by atoms with Gasteiger partial charge >= 0.3 is 0 Å². The predicted octanol–water partition coefficient (Wildman–Crippen LogP) is 3.84. The van der Waals surface area contributed by atoms with Crippen molar-refractivity contribution in [2.24, 2.45) is 11.3 Å². The van der Waals surface area contributed by atoms with E-state index in [1.807, 2.05) is 18.2 Å². The molecule has 0 aliphatic carbocycles. The van der Waals surface area contributed by atoms with Gasteiger partial charge in [0.2, 0.25) is 5.91 Å². The summed E-state index contributed by atoms with van der Waals surface area (Å²) < 4.78 is 0. The number of aryl methyl sites for hydroxylation is 1. The molecule has 0 saturated carbocycles. The number of nitrogens with two attached hydrogens (primary N) is 1. The van der Waals surface area contributed by atoms with Crippen LogP contribution in [0.1, 0.15) is 46.6 Å². The molecule has 0 bridgehead atoms. The van der Waals surface area contributed by atoms with E-state index in [4.69, 9.17) is 5.73 Å². The number of rotatable bonds is 4. The van der Waals surface area contributed by atoms with Gasteiger partial charge in [-0.3, -0.25) is 4.79 Å². The van der Waals surface area contributed by atoms with Crippen LogP contribution >= 0.6 is 0 Å². The minimum absolute atomic E-state index is 0.0473. The second kappa shape index (κ2) is 6.09. The first-order valence-corrected chi connectivity index (χ1v) is 6.92. The van der Waals surface area contributed by atoms with Crippen molar-refractivity contribution in [2.75, 3.05) is 11.1 Å². The molecule has 106 valence electrons. The maximum Gasteiger partial charge on any atom is 0.224 e. The normalized spacial score (nSPS) is 13.1. The van der Waals surface area contributed by atoms with Gasteiger partial charge in [-0.1, -0.05) is 40.7 Å². The summed E-state index contributed by atoms with van der Waals surface area (Å²) in [6.45, 7) is 10.6. The first kappa shape index (κ1) is 15.5. The van der Waals surface area contributed by atoms with E-state index >= 15 is 0 Å². The minimum Gasteiger partial charge on any atom is -0.398 e. The van der Waals surface area contributed by atoms with Gasteiger partial charge in [-0.2, -0.15) is 0 Å². The Bertz CT molecular complexity index is 447. The van der Waals surface area contributed by atoms with E-state index in [9.17, 15) is 4.79 Å². The summed E-state index contributed by atoms with van der Waals surface area (Å²) in [5.41, 5.74) is 8.70. The van der Waals surface area contributed by atoms with Crippen LogP contribution in [0.5, 0.6) is 0 Å². The topological polar surface area (TPSA) is 55.1 Å². The summed E-state index contributed by atoms with van der Waals surface area (Å²) in [6.07, 6.45) is 1.43. The number of nitrogens with one attached hydrogen (secondary N) is 1. The summed E-state index contributed by atoms with van der Waals surface area (Å²) >= 11 is 0. The molecular weight excluding hydrogens is 236 g/mol. The van der Waals surface area contributed by atoms with E-state index in [1.54, 1.807) is 0 Å². The van der Waals surface area contributed by atoms with Gasteiger partial charge in [0.25, 0.3) is 0 Å². The van der Waals surface area contributed by atoms with Crippen molar-refractivity contribution in [3.05, 3.63) is 23.8 Å². The number of anilines is 2. The smallest absolute Gasteiger partial charge is 0.224 e. The van der Waals surface area contributed by atoms with Crippen molar-refractivity contribution in [2.45, 2.75) is 47.5 Å². The zero-order chi connectivity index (χ0) is 14.6. The molecule has 1 atom stereocenters. The van der Waals surface area contributed by atoms with Gasteiger partial charge in [0, 0.05) is 17.8 Å². The molecule has 0 fully saturated rings. The third kappa shape index (κ3) is 4.58. The first-order chi connectivity index (χ1) is 8.74. The Labute approximate surface area is 116 Å². The van der Waals surface area contributed by atoms with E-state index in [-0.39, 0.29) is 11.3 Å². The van der Waals surface area contributed by atoms with Gasteiger partial charge < -0.3 is 11.1 Å². The average Bonchev–Trinajstić information content (AvgIpc) is 2.27. The lowest BCUT2D eigenvalue weighted by Gasteiger charge is -2.26. The maximum absolute atomic E-state index is 12.0. The molecule has 1 unspecified atom stereocenters. The molecule has 0 aliphatic rings. The van der Waals surface area contributed by atoms with Crippen LogP contribution in [0.25, 0.3) is 0 Å². The summed E-state index contributed by atoms with van der Waals surface area (Å²) in [5.74, 6) is 0.380. The van der Waals surface area contributed by atoms with Crippen LogP contribution in [0, 0.1) is 11.3 Å². The van der Waals surface area contributed by atoms with Gasteiger partial charge in [-0.15, -0.1) is 0 Å². The van der Waals surface area contributed by atoms with Crippen LogP contribution in [0.3, 0.4) is 0 Å². The number of hydrogen-bond donors (Lipinski definition) is 2. The number of nitrogen functional groups attached to an aromatic ring is 1. The van der Waals surface area contributed by atoms with Crippen molar-refractivity contribution in [1.82, 2.24) is 0 Å². The SMILES string of the molecule is CCc1ccc(NC(=O)CC(C)C(C)(C)C)cc1N. The second-order valence-corrected chi connectivity index (χ2v) is 6.29. The Morgan fingerprint density at radius 3 is 2.47 bits per heavy atom. The molecule has 1 aromatic rings. The zero-order valence-electron chi connectivity index (χ0n) is 12.7. The van der Waals surface area contributed by atoms with Crippen LogP contribution < -0.4 is 11.1 Å². The molecule has 1 amide bonds. The second-order valence-electron chi connectivity index (χ2n) is 6.29. The van der Waals surface area contributed by atoms with Crippen LogP contribution in [0.4, 0.5) is 11.4 Å². The Morgan fingerprint density at radius 1 is 1.37 bits per heavy atom. The fraction of sp³-hybridized carbons (Fsp3) is 0.562. The van der Waals surface area contributed by atoms with Crippen LogP contribution in [-0.4, -0.2) is 5.91 Å². The van der Waals surface area contributed by atoms with Crippen molar-refractivity contribution in [3.8, 4) is 0 Å². The van der Waals surface area contributed by atoms with E-state index in [2.05, 4.69) is 39.9 Å². The highest BCUT2D eigenvalue weighted by molar-refractivity contribution is 5.91. The third-order valence-electron chi connectivity index (χ3n) is 3.78. The lowest BCUT2D eigenvalue weighted by molar-refractivity contribution is -0.117. The van der Waals surface area contributed by atoms with Crippen LogP contribution in [0.15, 0.2) is 18.2 Å². The van der Waals surface area contributed by atoms with E-state index in [0.29, 0.717) is 12.3 Å². The standard InChI is InChI=1S/C16H26N2O/c1-6-12-7-8-13(10-14(12)17)18-15(19)9-11(2)16(3,4)5/h7-8,10-11H,6,9,17H2,1-5H3,(H,18,19). The first-order valence-electron chi connectivity index (χ1n) is 6.92. The minimum atomic E-state index is 0.0473. The molecule has 1 rings (SSSR count). The van der Waals surface area contributed by atoms with Crippen molar-refractivity contribution in [3.63, 3.8) is 0 Å². The Balaban J connectivity index is 2.65. The van der Waals surface area contributed by atoms with Crippen molar-refractivity contribution in [1.29, 1.82) is 0 Å². The predicted molar refractivity (Wildman–Crippen MR) is 82.1 cm³/mol. The van der Waals surface area contributed by atoms with Gasteiger partial charge in [0.1, 0.15) is 0 Å². The quantitative estimate of drug-likeness (QED) is 0.810. The molecule has 0 spiro atoms. The summed E-state index contributed by atoms with van der Waals surface area (Å²) in [5, 5.41) is 2.92. The summed E-state index contributed by atoms with van der Waals surface area (Å²) in [7, 11) is 0. The zero-order valence-corrected chi connectivity index (χ0v) is 12.7. The molecule has 3 nitrogen and oxygen atoms in total. The van der Waals surface area contributed by atoms with Crippen molar-refractivity contribution >= 4 is 17.3 Å². The fourth-order valence-corrected chi connectivity index (χ4v) is 1.79. The lowest BCUT2D eigenvalue weighted by atomic mass is 9.80. The molecule has 0 heterocycles. The van der Waals surface area contributed by atoms with Gasteiger partial charge in [-0.05, 0) is 35.4 Å². The monoisotopic (exact) mass is 262 g/mol. The molecule has 0 saturated heterocycles. The fourth-order valence-electron chi connectivity index (χ4n) is 1.79.